The van der Waals surface area contributed by atoms with Gasteiger partial charge >= 0.3 is 0 Å². The first-order valence-corrected chi connectivity index (χ1v) is 7.65. The number of nitrogens with zero attached hydrogens (tertiary/aromatic N) is 1. The van der Waals surface area contributed by atoms with Gasteiger partial charge in [-0.1, -0.05) is 34.6 Å². The van der Waals surface area contributed by atoms with Crippen LogP contribution in [0.5, 0.6) is 0 Å². The van der Waals surface area contributed by atoms with E-state index in [1.165, 1.54) is 11.8 Å². The molecule has 0 saturated carbocycles. The van der Waals surface area contributed by atoms with Gasteiger partial charge in [0.15, 0.2) is 16.1 Å². The topological polar surface area (TPSA) is 43.1 Å². The van der Waals surface area contributed by atoms with E-state index in [0.717, 1.165) is 17.1 Å². The highest BCUT2D eigenvalue weighted by Gasteiger charge is 2.15. The van der Waals surface area contributed by atoms with E-state index >= 15 is 0 Å². The monoisotopic (exact) mass is 327 g/mol. The molecule has 0 aromatic carbocycles. The number of hydrogen-bond acceptors (Lipinski definition) is 4. The summed E-state index contributed by atoms with van der Waals surface area (Å²) in [5.41, 5.74) is 2.19. The Labute approximate surface area is 118 Å². The lowest BCUT2D eigenvalue weighted by Gasteiger charge is -2.09. The molecule has 0 aliphatic carbocycles. The van der Waals surface area contributed by atoms with E-state index in [1.54, 1.807) is 12.1 Å². The van der Waals surface area contributed by atoms with Crippen LogP contribution in [0.2, 0.25) is 0 Å². The van der Waals surface area contributed by atoms with Crippen molar-refractivity contribution < 1.29 is 4.42 Å². The summed E-state index contributed by atoms with van der Waals surface area (Å²) in [5, 5.41) is 1.25. The molecule has 1 unspecified atom stereocenters. The van der Waals surface area contributed by atoms with E-state index in [9.17, 15) is 4.79 Å². The number of hydrogen-bond donors (Lipinski definition) is 0. The van der Waals surface area contributed by atoms with Crippen LogP contribution in [0.15, 0.2) is 26.4 Å². The fourth-order valence-corrected chi connectivity index (χ4v) is 2.70. The predicted molar refractivity (Wildman–Crippen MR) is 78.8 cm³/mol. The minimum absolute atomic E-state index is 0.00731. The highest BCUT2D eigenvalue weighted by atomic mass is 79.9. The Hall–Kier alpha value is -0.810. The van der Waals surface area contributed by atoms with Crippen molar-refractivity contribution in [3.05, 3.63) is 33.7 Å². The van der Waals surface area contributed by atoms with Gasteiger partial charge in [0.1, 0.15) is 0 Å². The second-order valence-corrected chi connectivity index (χ2v) is 6.65. The molecular formula is C13H14BrNO2S. The maximum atomic E-state index is 12.1. The second-order valence-electron chi connectivity index (χ2n) is 4.00. The summed E-state index contributed by atoms with van der Waals surface area (Å²) in [7, 11) is 0. The lowest BCUT2D eigenvalue weighted by molar-refractivity contribution is 0.495. The molecular weight excluding hydrogens is 314 g/mol. The molecule has 96 valence electrons. The molecule has 0 radical (unpaired) electrons. The van der Waals surface area contributed by atoms with Crippen molar-refractivity contribution in [2.24, 2.45) is 0 Å². The molecule has 0 spiro atoms. The van der Waals surface area contributed by atoms with Crippen molar-refractivity contribution >= 4 is 38.7 Å². The Balaban J connectivity index is 2.79. The zero-order valence-corrected chi connectivity index (χ0v) is 12.9. The highest BCUT2D eigenvalue weighted by molar-refractivity contribution is 9.09. The minimum Gasteiger partial charge on any atom is -0.448 e. The van der Waals surface area contributed by atoms with E-state index in [4.69, 9.17) is 4.42 Å². The van der Waals surface area contributed by atoms with Crippen molar-refractivity contribution in [1.29, 1.82) is 0 Å². The number of alkyl halides is 1. The lowest BCUT2D eigenvalue weighted by atomic mass is 10.2. The molecule has 0 saturated heterocycles. The van der Waals surface area contributed by atoms with E-state index in [0.29, 0.717) is 16.1 Å². The molecule has 3 nitrogen and oxygen atoms in total. The van der Waals surface area contributed by atoms with Crippen molar-refractivity contribution in [3.8, 4) is 0 Å². The molecule has 0 aliphatic rings. The first-order valence-electron chi connectivity index (χ1n) is 5.75. The third-order valence-electron chi connectivity index (χ3n) is 2.51. The van der Waals surface area contributed by atoms with Gasteiger partial charge in [-0.2, -0.15) is 0 Å². The molecule has 2 rings (SSSR count). The smallest absolute Gasteiger partial charge is 0.193 e. The molecule has 2 aromatic heterocycles. The number of aromatic nitrogens is 1. The van der Waals surface area contributed by atoms with Crippen molar-refractivity contribution in [3.63, 3.8) is 0 Å². The summed E-state index contributed by atoms with van der Waals surface area (Å²) in [6.07, 6.45) is 0. The normalized spacial score (nSPS) is 12.9. The largest absolute Gasteiger partial charge is 0.448 e. The third-order valence-corrected chi connectivity index (χ3v) is 3.72. The fraction of sp³-hybridized carbons (Fsp3) is 0.385. The molecule has 18 heavy (non-hydrogen) atoms. The first-order chi connectivity index (χ1) is 8.52. The molecule has 0 amide bonds. The number of pyridine rings is 1. The Kier molecular flexibility index (Phi) is 4.12. The van der Waals surface area contributed by atoms with Crippen LogP contribution in [-0.4, -0.2) is 10.7 Å². The van der Waals surface area contributed by atoms with Crippen LogP contribution in [0.3, 0.4) is 0 Å². The Morgan fingerprint density at radius 3 is 2.83 bits per heavy atom. The van der Waals surface area contributed by atoms with Gasteiger partial charge in [-0.15, -0.1) is 0 Å². The molecule has 0 bridgehead atoms. The van der Waals surface area contributed by atoms with Crippen molar-refractivity contribution in [1.82, 2.24) is 4.98 Å². The molecule has 5 heteroatoms. The van der Waals surface area contributed by atoms with Gasteiger partial charge in [-0.3, -0.25) is 9.78 Å². The zero-order valence-electron chi connectivity index (χ0n) is 10.5. The molecule has 0 fully saturated rings. The average Bonchev–Trinajstić information content (AvgIpc) is 2.29. The highest BCUT2D eigenvalue weighted by Crippen LogP contribution is 2.29. The number of rotatable bonds is 3. The molecule has 2 heterocycles. The third kappa shape index (κ3) is 2.62. The molecule has 2 aromatic rings. The maximum absolute atomic E-state index is 12.1. The number of halogens is 1. The van der Waals surface area contributed by atoms with E-state index in [2.05, 4.69) is 20.9 Å². The van der Waals surface area contributed by atoms with Crippen LogP contribution in [0.25, 0.3) is 11.0 Å². The van der Waals surface area contributed by atoms with Crippen molar-refractivity contribution in [2.45, 2.75) is 30.7 Å². The minimum atomic E-state index is -0.00731. The van der Waals surface area contributed by atoms with Crippen LogP contribution in [0, 0.1) is 6.92 Å². The Morgan fingerprint density at radius 1 is 1.50 bits per heavy atom. The van der Waals surface area contributed by atoms with Gasteiger partial charge in [0.2, 0.25) is 0 Å². The van der Waals surface area contributed by atoms with Gasteiger partial charge in [-0.05, 0) is 25.7 Å². The van der Waals surface area contributed by atoms with Gasteiger partial charge in [0.05, 0.1) is 15.9 Å². The number of fused-ring (bicyclic) bond motifs is 1. The van der Waals surface area contributed by atoms with Crippen LogP contribution in [0.1, 0.15) is 30.1 Å². The number of thioether (sulfide) groups is 1. The van der Waals surface area contributed by atoms with Crippen LogP contribution < -0.4 is 5.43 Å². The second kappa shape index (κ2) is 5.45. The first kappa shape index (κ1) is 13.6. The standard InChI is InChI=1S/C13H14BrNO2S/c1-4-18-11-6-10(16)9-5-7(2)15-12(8(3)14)13(9)17-11/h5-6,8H,4H2,1-3H3. The van der Waals surface area contributed by atoms with E-state index < -0.39 is 0 Å². The lowest BCUT2D eigenvalue weighted by Crippen LogP contribution is -2.05. The van der Waals surface area contributed by atoms with Gasteiger partial charge in [0.25, 0.3) is 0 Å². The summed E-state index contributed by atoms with van der Waals surface area (Å²) in [4.78, 5) is 16.6. The summed E-state index contributed by atoms with van der Waals surface area (Å²) in [5.74, 6) is 0.868. The average molecular weight is 328 g/mol. The molecule has 1 atom stereocenters. The van der Waals surface area contributed by atoms with E-state index in [1.807, 2.05) is 20.8 Å². The van der Waals surface area contributed by atoms with Crippen LogP contribution >= 0.6 is 27.7 Å². The molecule has 0 N–H and O–H groups in total. The van der Waals surface area contributed by atoms with Gasteiger partial charge in [0, 0.05) is 11.8 Å². The zero-order chi connectivity index (χ0) is 13.3. The van der Waals surface area contributed by atoms with Gasteiger partial charge in [-0.25, -0.2) is 0 Å². The summed E-state index contributed by atoms with van der Waals surface area (Å²) in [6, 6.07) is 3.33. The van der Waals surface area contributed by atoms with Crippen LogP contribution in [0.4, 0.5) is 0 Å². The van der Waals surface area contributed by atoms with Gasteiger partial charge < -0.3 is 4.42 Å². The Bertz CT molecular complexity index is 637. The Morgan fingerprint density at radius 2 is 2.22 bits per heavy atom. The fourth-order valence-electron chi connectivity index (χ4n) is 1.77. The molecule has 0 aliphatic heterocycles. The predicted octanol–water partition coefficient (Wildman–Crippen LogP) is 4.06. The van der Waals surface area contributed by atoms with Crippen LogP contribution in [-0.2, 0) is 0 Å². The van der Waals surface area contributed by atoms with Crippen molar-refractivity contribution in [2.75, 3.05) is 5.75 Å². The summed E-state index contributed by atoms with van der Waals surface area (Å²) < 4.78 is 5.80. The SMILES string of the molecule is CCSc1cc(=O)c2cc(C)nc(C(C)Br)c2o1. The number of aryl methyl sites for hydroxylation is 1. The summed E-state index contributed by atoms with van der Waals surface area (Å²) >= 11 is 5.01. The van der Waals surface area contributed by atoms with E-state index in [-0.39, 0.29) is 10.3 Å². The quantitative estimate of drug-likeness (QED) is 0.629. The summed E-state index contributed by atoms with van der Waals surface area (Å²) in [6.45, 7) is 5.88. The maximum Gasteiger partial charge on any atom is 0.193 e.